The summed E-state index contributed by atoms with van der Waals surface area (Å²) in [5.74, 6) is 0.689. The van der Waals surface area contributed by atoms with E-state index < -0.39 is 5.82 Å². The second-order valence-electron chi connectivity index (χ2n) is 5.59. The SMILES string of the molecule is CC(C)C[C@H](C)N1CC(Oc2ccccc2F)=CC1=O. The number of hydrogen-bond donors (Lipinski definition) is 0. The van der Waals surface area contributed by atoms with Gasteiger partial charge in [0.15, 0.2) is 11.6 Å². The molecular formula is C16H20FNO2. The van der Waals surface area contributed by atoms with Gasteiger partial charge in [-0.2, -0.15) is 0 Å². The van der Waals surface area contributed by atoms with Gasteiger partial charge >= 0.3 is 0 Å². The minimum Gasteiger partial charge on any atom is -0.457 e. The number of carbonyl (C=O) groups is 1. The van der Waals surface area contributed by atoms with Crippen LogP contribution in [-0.4, -0.2) is 23.4 Å². The van der Waals surface area contributed by atoms with Crippen molar-refractivity contribution in [3.8, 4) is 5.75 Å². The number of benzene rings is 1. The Balaban J connectivity index is 2.01. The summed E-state index contributed by atoms with van der Waals surface area (Å²) in [6.07, 6.45) is 2.38. The quantitative estimate of drug-likeness (QED) is 0.826. The maximum atomic E-state index is 13.5. The lowest BCUT2D eigenvalue weighted by Gasteiger charge is -2.26. The summed E-state index contributed by atoms with van der Waals surface area (Å²) in [6.45, 7) is 6.68. The average Bonchev–Trinajstić information content (AvgIpc) is 2.72. The summed E-state index contributed by atoms with van der Waals surface area (Å²) < 4.78 is 19.0. The predicted octanol–water partition coefficient (Wildman–Crippen LogP) is 3.37. The van der Waals surface area contributed by atoms with Crippen LogP contribution in [0, 0.1) is 11.7 Å². The highest BCUT2D eigenvalue weighted by molar-refractivity contribution is 5.91. The molecule has 1 aromatic rings. The summed E-state index contributed by atoms with van der Waals surface area (Å²) in [6, 6.07) is 6.36. The number of amides is 1. The van der Waals surface area contributed by atoms with E-state index in [0.717, 1.165) is 6.42 Å². The first-order valence-electron chi connectivity index (χ1n) is 6.91. The molecule has 0 saturated carbocycles. The van der Waals surface area contributed by atoms with E-state index in [1.807, 2.05) is 6.92 Å². The summed E-state index contributed by atoms with van der Waals surface area (Å²) in [7, 11) is 0. The molecule has 0 spiro atoms. The van der Waals surface area contributed by atoms with Gasteiger partial charge < -0.3 is 9.64 Å². The summed E-state index contributed by atoms with van der Waals surface area (Å²) in [4.78, 5) is 13.7. The molecule has 0 aromatic heterocycles. The number of nitrogens with zero attached hydrogens (tertiary/aromatic N) is 1. The van der Waals surface area contributed by atoms with Crippen LogP contribution >= 0.6 is 0 Å². The van der Waals surface area contributed by atoms with Gasteiger partial charge in [-0.15, -0.1) is 0 Å². The van der Waals surface area contributed by atoms with Crippen LogP contribution in [0.5, 0.6) is 5.75 Å². The van der Waals surface area contributed by atoms with Crippen LogP contribution in [-0.2, 0) is 4.79 Å². The third kappa shape index (κ3) is 3.38. The molecule has 1 heterocycles. The van der Waals surface area contributed by atoms with E-state index >= 15 is 0 Å². The van der Waals surface area contributed by atoms with Gasteiger partial charge in [0.2, 0.25) is 0 Å². The van der Waals surface area contributed by atoms with Gasteiger partial charge in [0.1, 0.15) is 5.76 Å². The maximum absolute atomic E-state index is 13.5. The monoisotopic (exact) mass is 277 g/mol. The van der Waals surface area contributed by atoms with E-state index in [1.165, 1.54) is 12.1 Å². The molecule has 1 amide bonds. The lowest BCUT2D eigenvalue weighted by atomic mass is 10.0. The average molecular weight is 277 g/mol. The van der Waals surface area contributed by atoms with E-state index in [-0.39, 0.29) is 17.7 Å². The Morgan fingerprint density at radius 3 is 2.65 bits per heavy atom. The van der Waals surface area contributed by atoms with E-state index in [9.17, 15) is 9.18 Å². The van der Waals surface area contributed by atoms with Crippen LogP contribution in [0.4, 0.5) is 4.39 Å². The highest BCUT2D eigenvalue weighted by Gasteiger charge is 2.27. The van der Waals surface area contributed by atoms with Crippen molar-refractivity contribution in [3.05, 3.63) is 41.9 Å². The second kappa shape index (κ2) is 6.07. The highest BCUT2D eigenvalue weighted by Crippen LogP contribution is 2.23. The van der Waals surface area contributed by atoms with Crippen molar-refractivity contribution in [3.63, 3.8) is 0 Å². The molecule has 1 aliphatic rings. The van der Waals surface area contributed by atoms with Crippen LogP contribution in [0.2, 0.25) is 0 Å². The third-order valence-corrected chi connectivity index (χ3v) is 3.32. The molecule has 2 rings (SSSR count). The van der Waals surface area contributed by atoms with E-state index in [0.29, 0.717) is 18.2 Å². The van der Waals surface area contributed by atoms with E-state index in [2.05, 4.69) is 13.8 Å². The third-order valence-electron chi connectivity index (χ3n) is 3.32. The van der Waals surface area contributed by atoms with Gasteiger partial charge in [-0.1, -0.05) is 26.0 Å². The van der Waals surface area contributed by atoms with Gasteiger partial charge in [0.25, 0.3) is 5.91 Å². The topological polar surface area (TPSA) is 29.5 Å². The number of carbonyl (C=O) groups excluding carboxylic acids is 1. The van der Waals surface area contributed by atoms with Gasteiger partial charge in [-0.3, -0.25) is 4.79 Å². The van der Waals surface area contributed by atoms with Crippen molar-refractivity contribution in [2.75, 3.05) is 6.54 Å². The molecule has 1 aromatic carbocycles. The first-order valence-corrected chi connectivity index (χ1v) is 6.91. The molecule has 1 atom stereocenters. The first kappa shape index (κ1) is 14.6. The van der Waals surface area contributed by atoms with Crippen LogP contribution in [0.1, 0.15) is 27.2 Å². The lowest BCUT2D eigenvalue weighted by molar-refractivity contribution is -0.126. The van der Waals surface area contributed by atoms with Crippen LogP contribution < -0.4 is 4.74 Å². The Morgan fingerprint density at radius 1 is 1.30 bits per heavy atom. The molecule has 4 heteroatoms. The zero-order valence-corrected chi connectivity index (χ0v) is 12.1. The summed E-state index contributed by atoms with van der Waals surface area (Å²) in [5.41, 5.74) is 0. The summed E-state index contributed by atoms with van der Waals surface area (Å²) >= 11 is 0. The van der Waals surface area contributed by atoms with Crippen molar-refractivity contribution in [1.29, 1.82) is 0 Å². The molecule has 3 nitrogen and oxygen atoms in total. The van der Waals surface area contributed by atoms with Crippen molar-refractivity contribution in [2.24, 2.45) is 5.92 Å². The Kier molecular flexibility index (Phi) is 4.42. The molecule has 20 heavy (non-hydrogen) atoms. The van der Waals surface area contributed by atoms with Crippen molar-refractivity contribution in [1.82, 2.24) is 4.90 Å². The van der Waals surface area contributed by atoms with Crippen molar-refractivity contribution in [2.45, 2.75) is 33.2 Å². The number of halogens is 1. The predicted molar refractivity (Wildman–Crippen MR) is 75.7 cm³/mol. The normalized spacial score (nSPS) is 16.6. The van der Waals surface area contributed by atoms with Crippen LogP contribution in [0.3, 0.4) is 0 Å². The number of ether oxygens (including phenoxy) is 1. The van der Waals surface area contributed by atoms with Gasteiger partial charge in [-0.25, -0.2) is 4.39 Å². The zero-order chi connectivity index (χ0) is 14.7. The maximum Gasteiger partial charge on any atom is 0.250 e. The highest BCUT2D eigenvalue weighted by atomic mass is 19.1. The van der Waals surface area contributed by atoms with Gasteiger partial charge in [0.05, 0.1) is 6.54 Å². The second-order valence-corrected chi connectivity index (χ2v) is 5.59. The molecule has 0 saturated heterocycles. The molecule has 0 fully saturated rings. The zero-order valence-electron chi connectivity index (χ0n) is 12.1. The smallest absolute Gasteiger partial charge is 0.250 e. The minimum absolute atomic E-state index is 0.0653. The summed E-state index contributed by atoms with van der Waals surface area (Å²) in [5, 5.41) is 0. The molecule has 0 bridgehead atoms. The number of hydrogen-bond acceptors (Lipinski definition) is 2. The molecular weight excluding hydrogens is 257 g/mol. The fourth-order valence-corrected chi connectivity index (χ4v) is 2.43. The van der Waals surface area contributed by atoms with Crippen molar-refractivity contribution < 1.29 is 13.9 Å². The Labute approximate surface area is 119 Å². The Morgan fingerprint density at radius 2 is 2.00 bits per heavy atom. The molecule has 0 aliphatic carbocycles. The lowest BCUT2D eigenvalue weighted by Crippen LogP contribution is -2.36. The minimum atomic E-state index is -0.422. The fourth-order valence-electron chi connectivity index (χ4n) is 2.43. The number of rotatable bonds is 5. The Bertz CT molecular complexity index is 525. The fraction of sp³-hybridized carbons (Fsp3) is 0.438. The Hall–Kier alpha value is -1.84. The molecule has 0 radical (unpaired) electrons. The molecule has 108 valence electrons. The molecule has 0 N–H and O–H groups in total. The van der Waals surface area contributed by atoms with E-state index in [1.54, 1.807) is 23.1 Å². The molecule has 1 aliphatic heterocycles. The largest absolute Gasteiger partial charge is 0.457 e. The standard InChI is InChI=1S/C16H20FNO2/c1-11(2)8-12(3)18-10-13(9-16(18)19)20-15-7-5-4-6-14(15)17/h4-7,9,11-12H,8,10H2,1-3H3/t12-/m0/s1. The van der Waals surface area contributed by atoms with Gasteiger partial charge in [-0.05, 0) is 31.4 Å². The van der Waals surface area contributed by atoms with Crippen LogP contribution in [0.15, 0.2) is 36.1 Å². The molecule has 0 unspecified atom stereocenters. The van der Waals surface area contributed by atoms with E-state index in [4.69, 9.17) is 4.74 Å². The first-order chi connectivity index (χ1) is 9.47. The van der Waals surface area contributed by atoms with Crippen LogP contribution in [0.25, 0.3) is 0 Å². The van der Waals surface area contributed by atoms with Crippen molar-refractivity contribution >= 4 is 5.91 Å². The number of para-hydroxylation sites is 1. The van der Waals surface area contributed by atoms with Gasteiger partial charge in [0, 0.05) is 12.1 Å².